The van der Waals surface area contributed by atoms with Crippen LogP contribution in [0.2, 0.25) is 0 Å². The van der Waals surface area contributed by atoms with Gasteiger partial charge in [-0.05, 0) is 12.1 Å². The lowest BCUT2D eigenvalue weighted by molar-refractivity contribution is 0.372. The van der Waals surface area contributed by atoms with E-state index in [-0.39, 0.29) is 0 Å². The number of pyridine rings is 1. The molecule has 0 aromatic carbocycles. The molecule has 0 radical (unpaired) electrons. The van der Waals surface area contributed by atoms with E-state index in [4.69, 9.17) is 4.74 Å². The lowest BCUT2D eigenvalue weighted by Crippen LogP contribution is -1.96. The van der Waals surface area contributed by atoms with Crippen LogP contribution < -0.4 is 10.1 Å². The third kappa shape index (κ3) is 0.614. The summed E-state index contributed by atoms with van der Waals surface area (Å²) >= 11 is 0. The molecule has 0 fully saturated rings. The Balaban J connectivity index is 2.54. The molecule has 9 heavy (non-hydrogen) atoms. The normalized spacial score (nSPS) is 13.8. The Kier molecular flexibility index (Phi) is 0.828. The predicted molar refractivity (Wildman–Crippen MR) is 33.4 cm³/mol. The van der Waals surface area contributed by atoms with Gasteiger partial charge >= 0.3 is 0 Å². The molecule has 1 aromatic rings. The van der Waals surface area contributed by atoms with E-state index in [9.17, 15) is 0 Å². The first-order valence-corrected chi connectivity index (χ1v) is 2.78. The van der Waals surface area contributed by atoms with Crippen molar-refractivity contribution in [1.29, 1.82) is 0 Å². The zero-order valence-electron chi connectivity index (χ0n) is 4.79. The summed E-state index contributed by atoms with van der Waals surface area (Å²) in [6, 6.07) is 3.74. The quantitative estimate of drug-likeness (QED) is 0.553. The molecule has 0 aliphatic carbocycles. The second-order valence-corrected chi connectivity index (χ2v) is 1.82. The van der Waals surface area contributed by atoms with Crippen LogP contribution in [0.1, 0.15) is 0 Å². The highest BCUT2D eigenvalue weighted by Crippen LogP contribution is 2.24. The first kappa shape index (κ1) is 4.61. The highest BCUT2D eigenvalue weighted by atomic mass is 16.5. The molecule has 3 heteroatoms. The predicted octanol–water partition coefficient (Wildman–Crippen LogP) is 0.843. The summed E-state index contributed by atoms with van der Waals surface area (Å²) in [6.45, 7) is 0.548. The number of fused-ring (bicyclic) bond motifs is 1. The smallest absolute Gasteiger partial charge is 0.171 e. The fourth-order valence-corrected chi connectivity index (χ4v) is 0.822. The van der Waals surface area contributed by atoms with Crippen LogP contribution >= 0.6 is 0 Å². The number of nitrogens with one attached hydrogen (secondary N) is 1. The molecule has 1 N–H and O–H groups in total. The monoisotopic (exact) mass is 122 g/mol. The second kappa shape index (κ2) is 1.62. The van der Waals surface area contributed by atoms with Crippen molar-refractivity contribution < 1.29 is 4.74 Å². The molecule has 0 saturated heterocycles. The Morgan fingerprint density at radius 3 is 3.56 bits per heavy atom. The lowest BCUT2D eigenvalue weighted by atomic mass is 10.4. The number of hydrogen-bond donors (Lipinski definition) is 1. The molecule has 0 spiro atoms. The summed E-state index contributed by atoms with van der Waals surface area (Å²) in [5, 5.41) is 2.97. The maximum atomic E-state index is 5.12. The summed E-state index contributed by atoms with van der Waals surface area (Å²) in [6.07, 6.45) is 1.74. The second-order valence-electron chi connectivity index (χ2n) is 1.82. The number of aromatic nitrogens is 1. The number of hydrogen-bond acceptors (Lipinski definition) is 3. The van der Waals surface area contributed by atoms with Gasteiger partial charge in [-0.15, -0.1) is 0 Å². The van der Waals surface area contributed by atoms with E-state index in [0.717, 1.165) is 11.6 Å². The van der Waals surface area contributed by atoms with E-state index >= 15 is 0 Å². The van der Waals surface area contributed by atoms with Gasteiger partial charge in [0.1, 0.15) is 0 Å². The summed E-state index contributed by atoms with van der Waals surface area (Å²) in [5.41, 5.74) is 0. The van der Waals surface area contributed by atoms with Gasteiger partial charge in [0.15, 0.2) is 18.3 Å². The van der Waals surface area contributed by atoms with Crippen molar-refractivity contribution in [3.63, 3.8) is 0 Å². The van der Waals surface area contributed by atoms with Gasteiger partial charge < -0.3 is 10.1 Å². The third-order valence-electron chi connectivity index (χ3n) is 1.24. The minimum Gasteiger partial charge on any atom is -0.469 e. The Morgan fingerprint density at radius 1 is 1.67 bits per heavy atom. The van der Waals surface area contributed by atoms with E-state index < -0.39 is 0 Å². The average molecular weight is 122 g/mol. The van der Waals surface area contributed by atoms with Crippen molar-refractivity contribution in [2.45, 2.75) is 0 Å². The molecule has 0 bridgehead atoms. The van der Waals surface area contributed by atoms with E-state index in [2.05, 4.69) is 10.3 Å². The minimum atomic E-state index is 0.548. The first-order chi connectivity index (χ1) is 4.47. The van der Waals surface area contributed by atoms with Gasteiger partial charge in [0.2, 0.25) is 0 Å². The topological polar surface area (TPSA) is 34.1 Å². The van der Waals surface area contributed by atoms with Gasteiger partial charge in [-0.25, -0.2) is 4.98 Å². The van der Waals surface area contributed by atoms with Crippen molar-refractivity contribution in [3.8, 4) is 5.75 Å². The highest BCUT2D eigenvalue weighted by Gasteiger charge is 2.08. The molecule has 3 nitrogen and oxygen atoms in total. The van der Waals surface area contributed by atoms with E-state index in [1.165, 1.54) is 0 Å². The third-order valence-corrected chi connectivity index (χ3v) is 1.24. The van der Waals surface area contributed by atoms with Crippen LogP contribution in [-0.4, -0.2) is 11.7 Å². The van der Waals surface area contributed by atoms with Crippen molar-refractivity contribution in [3.05, 3.63) is 18.3 Å². The van der Waals surface area contributed by atoms with Crippen LogP contribution in [0.15, 0.2) is 18.3 Å². The Bertz CT molecular complexity index is 201. The van der Waals surface area contributed by atoms with Crippen LogP contribution in [-0.2, 0) is 0 Å². The van der Waals surface area contributed by atoms with Crippen LogP contribution in [0.5, 0.6) is 5.75 Å². The fraction of sp³-hybridized carbons (Fsp3) is 0.167. The number of anilines is 1. The highest BCUT2D eigenvalue weighted by molar-refractivity contribution is 5.52. The molecule has 46 valence electrons. The molecule has 0 saturated carbocycles. The molecule has 2 rings (SSSR count). The molecule has 1 aliphatic rings. The summed E-state index contributed by atoms with van der Waals surface area (Å²) in [5.74, 6) is 1.69. The SMILES string of the molecule is c1cnc2c(c1)OCN2. The molecule has 1 aliphatic heterocycles. The van der Waals surface area contributed by atoms with E-state index in [1.807, 2.05) is 12.1 Å². The van der Waals surface area contributed by atoms with E-state index in [1.54, 1.807) is 6.20 Å². The minimum absolute atomic E-state index is 0.548. The molecular weight excluding hydrogens is 116 g/mol. The van der Waals surface area contributed by atoms with Gasteiger partial charge in [-0.2, -0.15) is 0 Å². The van der Waals surface area contributed by atoms with Gasteiger partial charge in [0, 0.05) is 6.20 Å². The van der Waals surface area contributed by atoms with Gasteiger partial charge in [-0.1, -0.05) is 0 Å². The summed E-state index contributed by atoms with van der Waals surface area (Å²) in [7, 11) is 0. The summed E-state index contributed by atoms with van der Waals surface area (Å²) in [4.78, 5) is 4.02. The zero-order valence-corrected chi connectivity index (χ0v) is 4.79. The van der Waals surface area contributed by atoms with Crippen molar-refractivity contribution in [1.82, 2.24) is 4.98 Å². The largest absolute Gasteiger partial charge is 0.469 e. The maximum Gasteiger partial charge on any atom is 0.171 e. The molecule has 0 atom stereocenters. The van der Waals surface area contributed by atoms with Gasteiger partial charge in [0.25, 0.3) is 0 Å². The Labute approximate surface area is 52.7 Å². The van der Waals surface area contributed by atoms with Crippen LogP contribution in [0.4, 0.5) is 5.82 Å². The molecule has 0 unspecified atom stereocenters. The standard InChI is InChI=1S/C6H6N2O/c1-2-5-6(7-3-1)8-4-9-5/h1-3H,4H2,(H,7,8). The van der Waals surface area contributed by atoms with E-state index in [0.29, 0.717) is 6.73 Å². The number of nitrogens with zero attached hydrogens (tertiary/aromatic N) is 1. The zero-order chi connectivity index (χ0) is 6.10. The lowest BCUT2D eigenvalue weighted by Gasteiger charge is -1.90. The van der Waals surface area contributed by atoms with Crippen molar-refractivity contribution in [2.24, 2.45) is 0 Å². The fourth-order valence-electron chi connectivity index (χ4n) is 0.822. The van der Waals surface area contributed by atoms with Crippen LogP contribution in [0, 0.1) is 0 Å². The number of rotatable bonds is 0. The van der Waals surface area contributed by atoms with Gasteiger partial charge in [0.05, 0.1) is 0 Å². The first-order valence-electron chi connectivity index (χ1n) is 2.78. The number of ether oxygens (including phenoxy) is 1. The molecule has 0 amide bonds. The van der Waals surface area contributed by atoms with Crippen LogP contribution in [0.3, 0.4) is 0 Å². The average Bonchev–Trinajstić information content (AvgIpc) is 2.33. The van der Waals surface area contributed by atoms with Crippen LogP contribution in [0.25, 0.3) is 0 Å². The van der Waals surface area contributed by atoms with Gasteiger partial charge in [-0.3, -0.25) is 0 Å². The Morgan fingerprint density at radius 2 is 2.67 bits per heavy atom. The molecular formula is C6H6N2O. The maximum absolute atomic E-state index is 5.12. The van der Waals surface area contributed by atoms with Crippen molar-refractivity contribution in [2.75, 3.05) is 12.0 Å². The van der Waals surface area contributed by atoms with Crippen molar-refractivity contribution >= 4 is 5.82 Å². The summed E-state index contributed by atoms with van der Waals surface area (Å²) < 4.78 is 5.12. The molecule has 1 aromatic heterocycles. The molecule has 2 heterocycles. The Hall–Kier alpha value is -1.25.